The van der Waals surface area contributed by atoms with Gasteiger partial charge in [0.2, 0.25) is 0 Å². The maximum atomic E-state index is 13.2. The molecule has 3 fully saturated rings. The summed E-state index contributed by atoms with van der Waals surface area (Å²) >= 11 is 0. The SMILES string of the molecule is O=C(COc1ccc(F)c(F)c1)NC12CC(Nc3cncc(-c4cccnc4)n3)(C1)C2. The Kier molecular flexibility index (Phi) is 4.53. The largest absolute Gasteiger partial charge is 0.484 e. The van der Waals surface area contributed by atoms with Crippen LogP contribution in [0.4, 0.5) is 14.6 Å². The third-order valence-electron chi connectivity index (χ3n) is 5.68. The number of nitrogens with one attached hydrogen (secondary N) is 2. The van der Waals surface area contributed by atoms with E-state index < -0.39 is 11.6 Å². The van der Waals surface area contributed by atoms with Gasteiger partial charge in [0.15, 0.2) is 18.2 Å². The third kappa shape index (κ3) is 3.78. The number of carbonyl (C=O) groups excluding carboxylic acids is 1. The Morgan fingerprint density at radius 3 is 2.61 bits per heavy atom. The zero-order chi connectivity index (χ0) is 21.5. The van der Waals surface area contributed by atoms with Crippen LogP contribution in [0, 0.1) is 11.6 Å². The second kappa shape index (κ2) is 7.26. The first-order chi connectivity index (χ1) is 14.9. The lowest BCUT2D eigenvalue weighted by molar-refractivity contribution is -0.135. The van der Waals surface area contributed by atoms with Gasteiger partial charge in [-0.25, -0.2) is 13.8 Å². The van der Waals surface area contributed by atoms with Crippen molar-refractivity contribution in [2.45, 2.75) is 30.3 Å². The van der Waals surface area contributed by atoms with Gasteiger partial charge in [-0.05, 0) is 43.5 Å². The molecule has 0 atom stereocenters. The molecule has 1 aromatic carbocycles. The van der Waals surface area contributed by atoms with E-state index in [2.05, 4.69) is 25.6 Å². The zero-order valence-corrected chi connectivity index (χ0v) is 16.4. The van der Waals surface area contributed by atoms with Crippen LogP contribution in [-0.4, -0.2) is 38.5 Å². The van der Waals surface area contributed by atoms with Gasteiger partial charge >= 0.3 is 0 Å². The molecule has 2 aromatic heterocycles. The molecule has 0 spiro atoms. The normalized spacial score (nSPS) is 23.3. The zero-order valence-electron chi connectivity index (χ0n) is 16.4. The number of carbonyl (C=O) groups is 1. The van der Waals surface area contributed by atoms with E-state index in [0.717, 1.165) is 42.7 Å². The quantitative estimate of drug-likeness (QED) is 0.607. The summed E-state index contributed by atoms with van der Waals surface area (Å²) in [7, 11) is 0. The number of hydrogen-bond donors (Lipinski definition) is 2. The molecule has 158 valence electrons. The number of aromatic nitrogens is 3. The van der Waals surface area contributed by atoms with Crippen molar-refractivity contribution in [3.63, 3.8) is 0 Å². The number of amides is 1. The van der Waals surface area contributed by atoms with Crippen molar-refractivity contribution in [1.82, 2.24) is 20.3 Å². The maximum Gasteiger partial charge on any atom is 0.258 e. The average molecular weight is 423 g/mol. The average Bonchev–Trinajstić information content (AvgIpc) is 2.73. The topological polar surface area (TPSA) is 89.0 Å². The van der Waals surface area contributed by atoms with Crippen LogP contribution in [0.3, 0.4) is 0 Å². The van der Waals surface area contributed by atoms with Gasteiger partial charge in [-0.3, -0.25) is 14.8 Å². The number of anilines is 1. The number of ether oxygens (including phenoxy) is 1. The standard InChI is InChI=1S/C22H19F2N5O2/c23-16-4-3-15(6-17(16)24)31-10-20(30)29-22-11-21(12-22,13-22)28-19-9-26-8-18(27-19)14-2-1-5-25-7-14/h1-9H,10-13H2,(H,27,28)(H,29,30). The first-order valence-corrected chi connectivity index (χ1v) is 9.84. The number of benzene rings is 1. The predicted molar refractivity (Wildman–Crippen MR) is 108 cm³/mol. The number of rotatable bonds is 7. The summed E-state index contributed by atoms with van der Waals surface area (Å²) in [5.74, 6) is -1.48. The predicted octanol–water partition coefficient (Wildman–Crippen LogP) is 3.10. The molecule has 0 unspecified atom stereocenters. The van der Waals surface area contributed by atoms with Gasteiger partial charge in [0.05, 0.1) is 18.1 Å². The van der Waals surface area contributed by atoms with Crippen LogP contribution in [0.15, 0.2) is 55.1 Å². The highest BCUT2D eigenvalue weighted by atomic mass is 19.2. The Morgan fingerprint density at radius 2 is 1.87 bits per heavy atom. The Morgan fingerprint density at radius 1 is 1.03 bits per heavy atom. The van der Waals surface area contributed by atoms with Gasteiger partial charge in [-0.2, -0.15) is 0 Å². The molecule has 2 bridgehead atoms. The first kappa shape index (κ1) is 19.3. The summed E-state index contributed by atoms with van der Waals surface area (Å²) in [5.41, 5.74) is 1.27. The molecule has 0 saturated heterocycles. The Labute approximate surface area is 176 Å². The smallest absolute Gasteiger partial charge is 0.258 e. The van der Waals surface area contributed by atoms with Gasteiger partial charge in [0.1, 0.15) is 11.6 Å². The lowest BCUT2D eigenvalue weighted by Crippen LogP contribution is -2.81. The molecule has 1 amide bonds. The van der Waals surface area contributed by atoms with Crippen molar-refractivity contribution in [2.75, 3.05) is 11.9 Å². The summed E-state index contributed by atoms with van der Waals surface area (Å²) in [6, 6.07) is 6.94. The molecular weight excluding hydrogens is 404 g/mol. The minimum atomic E-state index is -1.01. The molecule has 6 rings (SSSR count). The Bertz CT molecular complexity index is 1120. The van der Waals surface area contributed by atoms with Crippen LogP contribution >= 0.6 is 0 Å². The molecule has 31 heavy (non-hydrogen) atoms. The number of pyridine rings is 1. The van der Waals surface area contributed by atoms with E-state index >= 15 is 0 Å². The number of hydrogen-bond acceptors (Lipinski definition) is 6. The van der Waals surface area contributed by atoms with Gasteiger partial charge < -0.3 is 15.4 Å². The van der Waals surface area contributed by atoms with Crippen molar-refractivity contribution in [2.24, 2.45) is 0 Å². The first-order valence-electron chi connectivity index (χ1n) is 9.84. The summed E-state index contributed by atoms with van der Waals surface area (Å²) in [6.45, 7) is -0.258. The van der Waals surface area contributed by atoms with Gasteiger partial charge in [0, 0.05) is 35.1 Å². The molecule has 3 aliphatic rings. The van der Waals surface area contributed by atoms with Crippen LogP contribution in [0.5, 0.6) is 5.75 Å². The molecular formula is C22H19F2N5O2. The molecule has 7 nitrogen and oxygen atoms in total. The highest BCUT2D eigenvalue weighted by Gasteiger charge is 2.68. The molecule has 2 N–H and O–H groups in total. The molecule has 0 aliphatic heterocycles. The summed E-state index contributed by atoms with van der Waals surface area (Å²) < 4.78 is 31.4. The summed E-state index contributed by atoms with van der Waals surface area (Å²) in [6.07, 6.45) is 9.14. The van der Waals surface area contributed by atoms with Crippen LogP contribution in [0.2, 0.25) is 0 Å². The second-order valence-electron chi connectivity index (χ2n) is 8.16. The molecule has 2 heterocycles. The lowest BCUT2D eigenvalue weighted by Gasteiger charge is -2.70. The molecule has 3 aliphatic carbocycles. The van der Waals surface area contributed by atoms with Crippen LogP contribution < -0.4 is 15.4 Å². The van der Waals surface area contributed by atoms with Gasteiger partial charge in [0.25, 0.3) is 5.91 Å². The van der Waals surface area contributed by atoms with Crippen LogP contribution in [-0.2, 0) is 4.79 Å². The minimum absolute atomic E-state index is 0.101. The fourth-order valence-corrected chi connectivity index (χ4v) is 4.45. The van der Waals surface area contributed by atoms with E-state index in [1.54, 1.807) is 24.8 Å². The molecule has 0 radical (unpaired) electrons. The van der Waals surface area contributed by atoms with Gasteiger partial charge in [-0.1, -0.05) is 0 Å². The summed E-state index contributed by atoms with van der Waals surface area (Å²) in [4.78, 5) is 25.2. The highest BCUT2D eigenvalue weighted by molar-refractivity contribution is 5.79. The van der Waals surface area contributed by atoms with Crippen molar-refractivity contribution in [3.8, 4) is 17.0 Å². The van der Waals surface area contributed by atoms with Crippen molar-refractivity contribution in [1.29, 1.82) is 0 Å². The molecule has 3 aromatic rings. The van der Waals surface area contributed by atoms with E-state index in [1.807, 2.05) is 12.1 Å². The lowest BCUT2D eigenvalue weighted by atomic mass is 9.44. The third-order valence-corrected chi connectivity index (χ3v) is 5.68. The maximum absolute atomic E-state index is 13.2. The Hall–Kier alpha value is -3.62. The van der Waals surface area contributed by atoms with E-state index in [0.29, 0.717) is 5.82 Å². The van der Waals surface area contributed by atoms with E-state index in [1.165, 1.54) is 6.07 Å². The fraction of sp³-hybridized carbons (Fsp3) is 0.273. The highest BCUT2D eigenvalue weighted by Crippen LogP contribution is 2.61. The van der Waals surface area contributed by atoms with E-state index in [-0.39, 0.29) is 29.3 Å². The summed E-state index contributed by atoms with van der Waals surface area (Å²) in [5, 5.41) is 6.43. The van der Waals surface area contributed by atoms with Crippen molar-refractivity contribution < 1.29 is 18.3 Å². The molecule has 9 heteroatoms. The van der Waals surface area contributed by atoms with Crippen molar-refractivity contribution >= 4 is 11.7 Å². The van der Waals surface area contributed by atoms with Crippen molar-refractivity contribution in [3.05, 3.63) is 66.8 Å². The molecule has 3 saturated carbocycles. The number of nitrogens with zero attached hydrogens (tertiary/aromatic N) is 3. The van der Waals surface area contributed by atoms with E-state index in [9.17, 15) is 13.6 Å². The number of halogens is 2. The van der Waals surface area contributed by atoms with E-state index in [4.69, 9.17) is 4.74 Å². The second-order valence-corrected chi connectivity index (χ2v) is 8.16. The van der Waals surface area contributed by atoms with Crippen LogP contribution in [0.25, 0.3) is 11.3 Å². The minimum Gasteiger partial charge on any atom is -0.484 e. The fourth-order valence-electron chi connectivity index (χ4n) is 4.45. The monoisotopic (exact) mass is 423 g/mol. The van der Waals surface area contributed by atoms with Gasteiger partial charge in [-0.15, -0.1) is 0 Å². The van der Waals surface area contributed by atoms with Crippen LogP contribution in [0.1, 0.15) is 19.3 Å². The Balaban J connectivity index is 1.13.